The van der Waals surface area contributed by atoms with E-state index < -0.39 is 23.7 Å². The normalized spacial score (nSPS) is 11.3. The summed E-state index contributed by atoms with van der Waals surface area (Å²) < 4.78 is 24.6. The van der Waals surface area contributed by atoms with Gasteiger partial charge in [-0.05, 0) is 43.3 Å². The van der Waals surface area contributed by atoms with Crippen LogP contribution in [0.15, 0.2) is 73.1 Å². The van der Waals surface area contributed by atoms with E-state index in [1.807, 2.05) is 12.1 Å². The highest BCUT2D eigenvalue weighted by molar-refractivity contribution is 5.96. The van der Waals surface area contributed by atoms with Crippen LogP contribution in [-0.2, 0) is 11.4 Å². The molecule has 0 spiro atoms. The van der Waals surface area contributed by atoms with E-state index in [4.69, 9.17) is 9.47 Å². The molecule has 8 heteroatoms. The molecule has 0 aliphatic carbocycles. The van der Waals surface area contributed by atoms with Crippen LogP contribution in [0.2, 0.25) is 0 Å². The van der Waals surface area contributed by atoms with Crippen LogP contribution in [0.25, 0.3) is 0 Å². The maximum atomic E-state index is 13.6. The highest BCUT2D eigenvalue weighted by Gasteiger charge is 2.17. The third-order valence-corrected chi connectivity index (χ3v) is 4.03. The summed E-state index contributed by atoms with van der Waals surface area (Å²) in [4.78, 5) is 28.4. The largest absolute Gasteiger partial charge is 0.489 e. The molecule has 1 atom stereocenters. The summed E-state index contributed by atoms with van der Waals surface area (Å²) in [7, 11) is 0. The van der Waals surface area contributed by atoms with Crippen LogP contribution in [-0.4, -0.2) is 22.9 Å². The Labute approximate surface area is 172 Å². The number of ether oxygens (including phenoxy) is 2. The molecule has 0 saturated carbocycles. The zero-order chi connectivity index (χ0) is 21.3. The Morgan fingerprint density at radius 3 is 2.67 bits per heavy atom. The van der Waals surface area contributed by atoms with Crippen molar-refractivity contribution in [3.8, 4) is 11.5 Å². The molecular formula is C22H20FN3O4. The summed E-state index contributed by atoms with van der Waals surface area (Å²) >= 11 is 0. The van der Waals surface area contributed by atoms with E-state index in [9.17, 15) is 14.0 Å². The molecule has 0 saturated heterocycles. The first-order chi connectivity index (χ1) is 14.5. The van der Waals surface area contributed by atoms with Crippen LogP contribution < -0.4 is 20.3 Å². The molecule has 2 N–H and O–H groups in total. The Morgan fingerprint density at radius 2 is 1.90 bits per heavy atom. The first-order valence-electron chi connectivity index (χ1n) is 9.16. The van der Waals surface area contributed by atoms with E-state index in [1.165, 1.54) is 25.1 Å². The van der Waals surface area contributed by atoms with Crippen molar-refractivity contribution >= 4 is 11.8 Å². The second-order valence-electron chi connectivity index (χ2n) is 6.31. The predicted molar refractivity (Wildman–Crippen MR) is 107 cm³/mol. The standard InChI is InChI=1S/C22H20FN3O4/c1-15(30-20-10-3-2-9-19(20)23)21(27)25-26-22(28)17-7-4-8-18(12-17)29-14-16-6-5-11-24-13-16/h2-13,15H,14H2,1H3,(H,25,27)(H,26,28). The monoisotopic (exact) mass is 409 g/mol. The van der Waals surface area contributed by atoms with E-state index in [2.05, 4.69) is 15.8 Å². The molecule has 0 aliphatic heterocycles. The number of halogens is 1. The fraction of sp³-hybridized carbons (Fsp3) is 0.136. The minimum absolute atomic E-state index is 0.0510. The molecule has 0 aliphatic rings. The van der Waals surface area contributed by atoms with Gasteiger partial charge >= 0.3 is 0 Å². The van der Waals surface area contributed by atoms with Gasteiger partial charge in [-0.2, -0.15) is 0 Å². The lowest BCUT2D eigenvalue weighted by atomic mass is 10.2. The number of rotatable bonds is 7. The molecule has 2 aromatic carbocycles. The Morgan fingerprint density at radius 1 is 1.07 bits per heavy atom. The number of aromatic nitrogens is 1. The highest BCUT2D eigenvalue weighted by atomic mass is 19.1. The van der Waals surface area contributed by atoms with E-state index in [1.54, 1.807) is 42.7 Å². The molecule has 0 bridgehead atoms. The molecule has 0 radical (unpaired) electrons. The van der Waals surface area contributed by atoms with E-state index in [-0.39, 0.29) is 5.75 Å². The molecule has 154 valence electrons. The van der Waals surface area contributed by atoms with Crippen molar-refractivity contribution in [3.63, 3.8) is 0 Å². The van der Waals surface area contributed by atoms with Gasteiger partial charge in [-0.15, -0.1) is 0 Å². The average Bonchev–Trinajstić information content (AvgIpc) is 2.78. The van der Waals surface area contributed by atoms with Crippen molar-refractivity contribution in [3.05, 3.63) is 90.0 Å². The summed E-state index contributed by atoms with van der Waals surface area (Å²) in [6.07, 6.45) is 2.35. The predicted octanol–water partition coefficient (Wildman–Crippen LogP) is 3.03. The van der Waals surface area contributed by atoms with Crippen LogP contribution in [0.1, 0.15) is 22.8 Å². The second kappa shape index (κ2) is 10.0. The van der Waals surface area contributed by atoms with Crippen molar-refractivity contribution in [2.24, 2.45) is 0 Å². The fourth-order valence-corrected chi connectivity index (χ4v) is 2.45. The summed E-state index contributed by atoms with van der Waals surface area (Å²) in [6, 6.07) is 15.9. The van der Waals surface area contributed by atoms with Gasteiger partial charge in [0.15, 0.2) is 17.7 Å². The smallest absolute Gasteiger partial charge is 0.279 e. The lowest BCUT2D eigenvalue weighted by Crippen LogP contribution is -2.47. The fourth-order valence-electron chi connectivity index (χ4n) is 2.45. The minimum Gasteiger partial charge on any atom is -0.489 e. The number of benzene rings is 2. The number of para-hydroxylation sites is 1. The summed E-state index contributed by atoms with van der Waals surface area (Å²) in [5.74, 6) is -1.30. The van der Waals surface area contributed by atoms with Gasteiger partial charge in [0.1, 0.15) is 12.4 Å². The highest BCUT2D eigenvalue weighted by Crippen LogP contribution is 2.17. The number of nitrogens with zero attached hydrogens (tertiary/aromatic N) is 1. The van der Waals surface area contributed by atoms with Gasteiger partial charge in [0.2, 0.25) is 0 Å². The lowest BCUT2D eigenvalue weighted by Gasteiger charge is -2.15. The van der Waals surface area contributed by atoms with Gasteiger partial charge in [-0.3, -0.25) is 25.4 Å². The maximum Gasteiger partial charge on any atom is 0.279 e. The molecule has 3 rings (SSSR count). The van der Waals surface area contributed by atoms with Crippen LogP contribution >= 0.6 is 0 Å². The number of carbonyl (C=O) groups excluding carboxylic acids is 2. The first-order valence-corrected chi connectivity index (χ1v) is 9.16. The summed E-state index contributed by atoms with van der Waals surface area (Å²) in [6.45, 7) is 1.75. The average molecular weight is 409 g/mol. The van der Waals surface area contributed by atoms with Crippen molar-refractivity contribution in [2.75, 3.05) is 0 Å². The van der Waals surface area contributed by atoms with Crippen LogP contribution in [0.3, 0.4) is 0 Å². The molecule has 7 nitrogen and oxygen atoms in total. The third-order valence-electron chi connectivity index (χ3n) is 4.03. The number of nitrogens with one attached hydrogen (secondary N) is 2. The Balaban J connectivity index is 1.51. The molecule has 3 aromatic rings. The molecule has 1 unspecified atom stereocenters. The summed E-state index contributed by atoms with van der Waals surface area (Å²) in [5.41, 5.74) is 5.75. The van der Waals surface area contributed by atoms with Gasteiger partial charge in [-0.1, -0.05) is 24.3 Å². The zero-order valence-corrected chi connectivity index (χ0v) is 16.2. The number of hydrogen-bond donors (Lipinski definition) is 2. The van der Waals surface area contributed by atoms with Crippen molar-refractivity contribution in [1.82, 2.24) is 15.8 Å². The van der Waals surface area contributed by atoms with E-state index >= 15 is 0 Å². The number of carbonyl (C=O) groups is 2. The van der Waals surface area contributed by atoms with E-state index in [0.29, 0.717) is 17.9 Å². The zero-order valence-electron chi connectivity index (χ0n) is 16.2. The van der Waals surface area contributed by atoms with Gasteiger partial charge in [0, 0.05) is 23.5 Å². The number of amides is 2. The van der Waals surface area contributed by atoms with E-state index in [0.717, 1.165) is 5.56 Å². The minimum atomic E-state index is -1.02. The molecule has 1 aromatic heterocycles. The van der Waals surface area contributed by atoms with Crippen LogP contribution in [0.4, 0.5) is 4.39 Å². The summed E-state index contributed by atoms with van der Waals surface area (Å²) in [5, 5.41) is 0. The Kier molecular flexibility index (Phi) is 6.94. The van der Waals surface area contributed by atoms with Crippen molar-refractivity contribution < 1.29 is 23.5 Å². The molecule has 2 amide bonds. The van der Waals surface area contributed by atoms with Gasteiger partial charge in [0.25, 0.3) is 11.8 Å². The number of hydrazine groups is 1. The topological polar surface area (TPSA) is 89.6 Å². The Hall–Kier alpha value is -3.94. The number of pyridine rings is 1. The van der Waals surface area contributed by atoms with Crippen molar-refractivity contribution in [2.45, 2.75) is 19.6 Å². The third kappa shape index (κ3) is 5.78. The number of hydrogen-bond acceptors (Lipinski definition) is 5. The quantitative estimate of drug-likeness (QED) is 0.586. The van der Waals surface area contributed by atoms with Crippen LogP contribution in [0, 0.1) is 5.82 Å². The molecular weight excluding hydrogens is 389 g/mol. The lowest BCUT2D eigenvalue weighted by molar-refractivity contribution is -0.128. The SMILES string of the molecule is CC(Oc1ccccc1F)C(=O)NNC(=O)c1cccc(OCc2cccnc2)c1. The van der Waals surface area contributed by atoms with Gasteiger partial charge in [0.05, 0.1) is 0 Å². The molecule has 0 fully saturated rings. The maximum absolute atomic E-state index is 13.6. The molecule has 30 heavy (non-hydrogen) atoms. The second-order valence-corrected chi connectivity index (χ2v) is 6.31. The van der Waals surface area contributed by atoms with Gasteiger partial charge < -0.3 is 9.47 Å². The van der Waals surface area contributed by atoms with Gasteiger partial charge in [-0.25, -0.2) is 4.39 Å². The van der Waals surface area contributed by atoms with Crippen LogP contribution in [0.5, 0.6) is 11.5 Å². The van der Waals surface area contributed by atoms with Crippen molar-refractivity contribution in [1.29, 1.82) is 0 Å². The Bertz CT molecular complexity index is 1010. The first kappa shape index (κ1) is 20.8. The molecule has 1 heterocycles.